The fourth-order valence-electron chi connectivity index (χ4n) is 2.08. The fourth-order valence-corrected chi connectivity index (χ4v) is 2.08. The highest BCUT2D eigenvalue weighted by molar-refractivity contribution is 5.95. The number of hydrogen-bond acceptors (Lipinski definition) is 3. The van der Waals surface area contributed by atoms with Gasteiger partial charge in [0.25, 0.3) is 5.91 Å². The van der Waals surface area contributed by atoms with Crippen LogP contribution in [0.5, 0.6) is 5.75 Å². The molecular weight excluding hydrogens is 294 g/mol. The van der Waals surface area contributed by atoms with Crippen LogP contribution in [0, 0.1) is 6.92 Å². The third-order valence-electron chi connectivity index (χ3n) is 3.43. The zero-order chi connectivity index (χ0) is 16.8. The minimum Gasteiger partial charge on any atom is -0.480 e. The lowest BCUT2D eigenvalue weighted by Crippen LogP contribution is -2.32. The van der Waals surface area contributed by atoms with Crippen LogP contribution in [-0.2, 0) is 4.79 Å². The molecule has 2 N–H and O–H groups in total. The zero-order valence-corrected chi connectivity index (χ0v) is 13.1. The van der Waals surface area contributed by atoms with Gasteiger partial charge < -0.3 is 15.2 Å². The van der Waals surface area contributed by atoms with Gasteiger partial charge in [-0.05, 0) is 49.2 Å². The molecule has 1 atom stereocenters. The summed E-state index contributed by atoms with van der Waals surface area (Å²) < 4.78 is 5.78. The number of anilines is 1. The lowest BCUT2D eigenvalue weighted by atomic mass is 10.2. The highest BCUT2D eigenvalue weighted by Crippen LogP contribution is 2.19. The molecule has 0 unspecified atom stereocenters. The molecule has 0 aliphatic carbocycles. The number of hydrogen-bond donors (Lipinski definition) is 2. The lowest BCUT2D eigenvalue weighted by molar-refractivity contribution is -0.122. The lowest BCUT2D eigenvalue weighted by Gasteiger charge is -2.18. The predicted octanol–water partition coefficient (Wildman–Crippen LogP) is 3.49. The molecule has 23 heavy (non-hydrogen) atoms. The number of aromatic carboxylic acids is 1. The Morgan fingerprint density at radius 3 is 2.35 bits per heavy atom. The summed E-state index contributed by atoms with van der Waals surface area (Å²) in [6.45, 7) is 3.79. The summed E-state index contributed by atoms with van der Waals surface area (Å²) in [5.74, 6) is -0.591. The van der Waals surface area contributed by atoms with E-state index in [-0.39, 0.29) is 11.5 Å². The Bertz CT molecular complexity index is 694. The zero-order valence-electron chi connectivity index (χ0n) is 13.1. The second-order valence-electron chi connectivity index (χ2n) is 5.15. The highest BCUT2D eigenvalue weighted by Gasteiger charge is 2.19. The number of benzene rings is 2. The van der Waals surface area contributed by atoms with Crippen molar-refractivity contribution in [3.63, 3.8) is 0 Å². The van der Waals surface area contributed by atoms with Gasteiger partial charge in [-0.25, -0.2) is 4.79 Å². The number of carboxylic acid groups (broad SMARTS) is 1. The van der Waals surface area contributed by atoms with E-state index in [1.807, 2.05) is 38.1 Å². The van der Waals surface area contributed by atoms with Crippen LogP contribution in [0.15, 0.2) is 48.5 Å². The van der Waals surface area contributed by atoms with Gasteiger partial charge in [0.2, 0.25) is 0 Å². The van der Waals surface area contributed by atoms with Gasteiger partial charge in [-0.1, -0.05) is 25.1 Å². The van der Waals surface area contributed by atoms with Crippen molar-refractivity contribution < 1.29 is 19.4 Å². The number of rotatable bonds is 6. The minimum atomic E-state index is -1.00. The van der Waals surface area contributed by atoms with E-state index in [1.165, 1.54) is 12.1 Å². The number of carboxylic acids is 1. The van der Waals surface area contributed by atoms with E-state index in [4.69, 9.17) is 9.84 Å². The summed E-state index contributed by atoms with van der Waals surface area (Å²) in [6.07, 6.45) is -0.0943. The van der Waals surface area contributed by atoms with Crippen LogP contribution in [0.4, 0.5) is 5.69 Å². The molecular formula is C18H19NO4. The van der Waals surface area contributed by atoms with E-state index < -0.39 is 12.1 Å². The molecule has 0 bridgehead atoms. The third kappa shape index (κ3) is 4.32. The van der Waals surface area contributed by atoms with Crippen LogP contribution < -0.4 is 10.1 Å². The molecule has 5 nitrogen and oxygen atoms in total. The first-order chi connectivity index (χ1) is 11.0. The van der Waals surface area contributed by atoms with Crippen molar-refractivity contribution in [2.45, 2.75) is 26.4 Å². The molecule has 0 aliphatic rings. The normalized spacial score (nSPS) is 11.6. The monoisotopic (exact) mass is 313 g/mol. The van der Waals surface area contributed by atoms with Crippen LogP contribution in [0.3, 0.4) is 0 Å². The van der Waals surface area contributed by atoms with Crippen LogP contribution in [0.2, 0.25) is 0 Å². The molecule has 0 aliphatic heterocycles. The Morgan fingerprint density at radius 1 is 1.13 bits per heavy atom. The van der Waals surface area contributed by atoms with E-state index in [0.717, 1.165) is 5.56 Å². The Hall–Kier alpha value is -2.82. The number of amides is 1. The van der Waals surface area contributed by atoms with E-state index in [1.54, 1.807) is 12.1 Å². The van der Waals surface area contributed by atoms with Crippen LogP contribution in [0.1, 0.15) is 29.3 Å². The molecule has 0 radical (unpaired) electrons. The van der Waals surface area contributed by atoms with Gasteiger partial charge in [0.1, 0.15) is 5.75 Å². The van der Waals surface area contributed by atoms with Crippen LogP contribution in [-0.4, -0.2) is 23.1 Å². The molecule has 0 saturated carbocycles. The molecule has 0 aromatic heterocycles. The molecule has 2 aromatic carbocycles. The average molecular weight is 313 g/mol. The number of nitrogens with one attached hydrogen (secondary N) is 1. The molecule has 1 amide bonds. The number of carbonyl (C=O) groups is 2. The van der Waals surface area contributed by atoms with E-state index in [2.05, 4.69) is 5.32 Å². The summed E-state index contributed by atoms with van der Waals surface area (Å²) in [4.78, 5) is 23.1. The summed E-state index contributed by atoms with van der Waals surface area (Å²) in [5, 5.41) is 11.6. The summed E-state index contributed by atoms with van der Waals surface area (Å²) in [5.41, 5.74) is 1.67. The summed E-state index contributed by atoms with van der Waals surface area (Å²) in [6, 6.07) is 13.5. The molecule has 2 aromatic rings. The first-order valence-electron chi connectivity index (χ1n) is 7.37. The second kappa shape index (κ2) is 7.45. The van der Waals surface area contributed by atoms with Gasteiger partial charge in [0.05, 0.1) is 5.56 Å². The molecule has 5 heteroatoms. The Balaban J connectivity index is 2.05. The van der Waals surface area contributed by atoms with Gasteiger partial charge in [-0.3, -0.25) is 4.79 Å². The van der Waals surface area contributed by atoms with Gasteiger partial charge in [-0.15, -0.1) is 0 Å². The van der Waals surface area contributed by atoms with Gasteiger partial charge >= 0.3 is 5.97 Å². The van der Waals surface area contributed by atoms with Crippen molar-refractivity contribution in [1.82, 2.24) is 0 Å². The first kappa shape index (κ1) is 16.5. The number of ether oxygens (including phenoxy) is 1. The van der Waals surface area contributed by atoms with Crippen molar-refractivity contribution >= 4 is 17.6 Å². The van der Waals surface area contributed by atoms with Gasteiger partial charge in [0, 0.05) is 5.69 Å². The van der Waals surface area contributed by atoms with Crippen molar-refractivity contribution in [3.05, 3.63) is 59.7 Å². The maximum Gasteiger partial charge on any atom is 0.335 e. The third-order valence-corrected chi connectivity index (χ3v) is 3.43. The summed E-state index contributed by atoms with van der Waals surface area (Å²) >= 11 is 0. The van der Waals surface area contributed by atoms with Gasteiger partial charge in [-0.2, -0.15) is 0 Å². The van der Waals surface area contributed by atoms with Crippen molar-refractivity contribution in [2.24, 2.45) is 0 Å². The SMILES string of the molecule is CC[C@@H](Oc1ccccc1C)C(=O)Nc1ccc(C(=O)O)cc1. The maximum atomic E-state index is 12.3. The average Bonchev–Trinajstić information content (AvgIpc) is 2.54. The second-order valence-corrected chi connectivity index (χ2v) is 5.15. The fraction of sp³-hybridized carbons (Fsp3) is 0.222. The summed E-state index contributed by atoms with van der Waals surface area (Å²) in [7, 11) is 0. The largest absolute Gasteiger partial charge is 0.480 e. The van der Waals surface area contributed by atoms with Crippen molar-refractivity contribution in [3.8, 4) is 5.75 Å². The minimum absolute atomic E-state index is 0.172. The molecule has 0 spiro atoms. The van der Waals surface area contributed by atoms with Crippen LogP contribution in [0.25, 0.3) is 0 Å². The van der Waals surface area contributed by atoms with Crippen molar-refractivity contribution in [2.75, 3.05) is 5.32 Å². The highest BCUT2D eigenvalue weighted by atomic mass is 16.5. The van der Waals surface area contributed by atoms with E-state index >= 15 is 0 Å². The topological polar surface area (TPSA) is 75.6 Å². The van der Waals surface area contributed by atoms with E-state index in [9.17, 15) is 9.59 Å². The standard InChI is InChI=1S/C18H19NO4/c1-3-15(23-16-7-5-4-6-12(16)2)17(20)19-14-10-8-13(9-11-14)18(21)22/h4-11,15H,3H2,1-2H3,(H,19,20)(H,21,22)/t15-/m1/s1. The Kier molecular flexibility index (Phi) is 5.36. The number of carbonyl (C=O) groups excluding carboxylic acids is 1. The molecule has 2 rings (SSSR count). The molecule has 0 saturated heterocycles. The smallest absolute Gasteiger partial charge is 0.335 e. The molecule has 0 heterocycles. The van der Waals surface area contributed by atoms with E-state index in [0.29, 0.717) is 17.9 Å². The van der Waals surface area contributed by atoms with Crippen molar-refractivity contribution in [1.29, 1.82) is 0 Å². The predicted molar refractivity (Wildman–Crippen MR) is 87.9 cm³/mol. The Morgan fingerprint density at radius 2 is 1.78 bits per heavy atom. The first-order valence-corrected chi connectivity index (χ1v) is 7.37. The number of aryl methyl sites for hydroxylation is 1. The molecule has 0 fully saturated rings. The molecule has 120 valence electrons. The van der Waals surface area contributed by atoms with Gasteiger partial charge in [0.15, 0.2) is 6.10 Å². The number of para-hydroxylation sites is 1. The van der Waals surface area contributed by atoms with Crippen LogP contribution >= 0.6 is 0 Å². The quantitative estimate of drug-likeness (QED) is 0.856. The maximum absolute atomic E-state index is 12.3. The Labute approximate surface area is 134 Å².